The molecule has 20 heavy (non-hydrogen) atoms. The first-order chi connectivity index (χ1) is 9.67. The molecule has 1 aromatic heterocycles. The third-order valence-electron chi connectivity index (χ3n) is 2.83. The minimum absolute atomic E-state index is 0.0240. The van der Waals surface area contributed by atoms with Crippen LogP contribution in [0.3, 0.4) is 0 Å². The minimum Gasteiger partial charge on any atom is -0.392 e. The van der Waals surface area contributed by atoms with Gasteiger partial charge < -0.3 is 14.9 Å². The van der Waals surface area contributed by atoms with Gasteiger partial charge in [-0.3, -0.25) is 4.79 Å². The maximum absolute atomic E-state index is 11.7. The first-order valence-corrected chi connectivity index (χ1v) is 6.42. The summed E-state index contributed by atoms with van der Waals surface area (Å²) in [6, 6.07) is 7.44. The number of aliphatic hydroxyl groups excluding tert-OH is 1. The Morgan fingerprint density at radius 2 is 2.00 bits per heavy atom. The molecule has 106 valence electrons. The molecule has 0 aliphatic heterocycles. The molecule has 1 heterocycles. The van der Waals surface area contributed by atoms with Crippen LogP contribution in [-0.2, 0) is 24.4 Å². The quantitative estimate of drug-likeness (QED) is 0.824. The second kappa shape index (κ2) is 6.81. The molecule has 0 spiro atoms. The Hall–Kier alpha value is -2.21. The number of aliphatic hydroxyl groups is 1. The molecule has 0 saturated heterocycles. The average molecular weight is 275 g/mol. The molecule has 0 radical (unpaired) electrons. The van der Waals surface area contributed by atoms with Crippen LogP contribution in [0.2, 0.25) is 0 Å². The SMILES string of the molecule is Cc1noc(CCC(=O)NCc2ccc(CO)cc2)n1. The van der Waals surface area contributed by atoms with Gasteiger partial charge in [-0.2, -0.15) is 4.98 Å². The molecule has 0 bridgehead atoms. The summed E-state index contributed by atoms with van der Waals surface area (Å²) in [5.74, 6) is 0.987. The Morgan fingerprint density at radius 1 is 1.30 bits per heavy atom. The van der Waals surface area contributed by atoms with E-state index in [1.807, 2.05) is 24.3 Å². The number of amides is 1. The maximum atomic E-state index is 11.7. The van der Waals surface area contributed by atoms with E-state index >= 15 is 0 Å². The van der Waals surface area contributed by atoms with Crippen LogP contribution in [0.1, 0.15) is 29.3 Å². The van der Waals surface area contributed by atoms with Gasteiger partial charge in [0.05, 0.1) is 6.61 Å². The van der Waals surface area contributed by atoms with Crippen molar-refractivity contribution in [3.63, 3.8) is 0 Å². The molecule has 0 aliphatic rings. The highest BCUT2D eigenvalue weighted by Crippen LogP contribution is 2.04. The Labute approximate surface area is 116 Å². The van der Waals surface area contributed by atoms with E-state index in [1.165, 1.54) is 0 Å². The van der Waals surface area contributed by atoms with Crippen molar-refractivity contribution in [2.24, 2.45) is 0 Å². The van der Waals surface area contributed by atoms with E-state index < -0.39 is 0 Å². The molecular formula is C14H17N3O3. The standard InChI is InChI=1S/C14H17N3O3/c1-10-16-14(20-17-10)7-6-13(19)15-8-11-2-4-12(9-18)5-3-11/h2-5,18H,6-9H2,1H3,(H,15,19). The summed E-state index contributed by atoms with van der Waals surface area (Å²) in [6.07, 6.45) is 0.756. The largest absolute Gasteiger partial charge is 0.392 e. The van der Waals surface area contributed by atoms with Gasteiger partial charge in [0.15, 0.2) is 5.82 Å². The molecule has 2 aromatic rings. The summed E-state index contributed by atoms with van der Waals surface area (Å²) in [5.41, 5.74) is 1.84. The van der Waals surface area contributed by atoms with E-state index in [-0.39, 0.29) is 12.5 Å². The Bertz CT molecular complexity index is 563. The molecule has 0 saturated carbocycles. The third kappa shape index (κ3) is 4.17. The lowest BCUT2D eigenvalue weighted by molar-refractivity contribution is -0.121. The van der Waals surface area contributed by atoms with E-state index in [4.69, 9.17) is 9.63 Å². The van der Waals surface area contributed by atoms with Gasteiger partial charge in [0.25, 0.3) is 0 Å². The summed E-state index contributed by atoms with van der Waals surface area (Å²) in [6.45, 7) is 2.23. The number of aryl methyl sites for hydroxylation is 2. The Kier molecular flexibility index (Phi) is 4.84. The monoisotopic (exact) mass is 275 g/mol. The van der Waals surface area contributed by atoms with E-state index in [0.29, 0.717) is 31.1 Å². The number of carbonyl (C=O) groups is 1. The summed E-state index contributed by atoms with van der Waals surface area (Å²) >= 11 is 0. The van der Waals surface area contributed by atoms with Crippen molar-refractivity contribution in [1.82, 2.24) is 15.5 Å². The van der Waals surface area contributed by atoms with E-state index in [0.717, 1.165) is 11.1 Å². The van der Waals surface area contributed by atoms with E-state index in [2.05, 4.69) is 15.5 Å². The molecular weight excluding hydrogens is 258 g/mol. The van der Waals surface area contributed by atoms with Crippen LogP contribution in [0.25, 0.3) is 0 Å². The van der Waals surface area contributed by atoms with Gasteiger partial charge in [0.2, 0.25) is 11.8 Å². The lowest BCUT2D eigenvalue weighted by atomic mass is 10.1. The lowest BCUT2D eigenvalue weighted by Gasteiger charge is -2.05. The van der Waals surface area contributed by atoms with Gasteiger partial charge in [0, 0.05) is 19.4 Å². The zero-order valence-electron chi connectivity index (χ0n) is 11.3. The molecule has 2 rings (SSSR count). The van der Waals surface area contributed by atoms with E-state index in [1.54, 1.807) is 6.92 Å². The Balaban J connectivity index is 1.74. The molecule has 1 aromatic carbocycles. The van der Waals surface area contributed by atoms with Gasteiger partial charge in [-0.1, -0.05) is 29.4 Å². The topological polar surface area (TPSA) is 88.2 Å². The van der Waals surface area contributed by atoms with Crippen molar-refractivity contribution in [3.05, 3.63) is 47.1 Å². The van der Waals surface area contributed by atoms with Crippen molar-refractivity contribution in [2.45, 2.75) is 32.9 Å². The van der Waals surface area contributed by atoms with Gasteiger partial charge in [-0.15, -0.1) is 0 Å². The summed E-state index contributed by atoms with van der Waals surface area (Å²) in [5, 5.41) is 15.4. The van der Waals surface area contributed by atoms with Gasteiger partial charge in [-0.25, -0.2) is 0 Å². The molecule has 0 aliphatic carbocycles. The molecule has 2 N–H and O–H groups in total. The van der Waals surface area contributed by atoms with Crippen molar-refractivity contribution in [1.29, 1.82) is 0 Å². The van der Waals surface area contributed by atoms with Crippen LogP contribution in [0.5, 0.6) is 0 Å². The van der Waals surface area contributed by atoms with Crippen LogP contribution in [-0.4, -0.2) is 21.2 Å². The zero-order chi connectivity index (χ0) is 14.4. The van der Waals surface area contributed by atoms with Crippen LogP contribution >= 0.6 is 0 Å². The first-order valence-electron chi connectivity index (χ1n) is 6.42. The molecule has 0 atom stereocenters. The maximum Gasteiger partial charge on any atom is 0.227 e. The van der Waals surface area contributed by atoms with Crippen molar-refractivity contribution in [2.75, 3.05) is 0 Å². The van der Waals surface area contributed by atoms with Gasteiger partial charge in [-0.05, 0) is 18.1 Å². The molecule has 0 unspecified atom stereocenters. The number of aromatic nitrogens is 2. The Morgan fingerprint density at radius 3 is 2.60 bits per heavy atom. The fourth-order valence-corrected chi connectivity index (χ4v) is 1.71. The highest BCUT2D eigenvalue weighted by Gasteiger charge is 2.07. The predicted octanol–water partition coefficient (Wildman–Crippen LogP) is 1.12. The summed E-state index contributed by atoms with van der Waals surface area (Å²) < 4.78 is 4.94. The average Bonchev–Trinajstić information content (AvgIpc) is 2.89. The van der Waals surface area contributed by atoms with Crippen LogP contribution < -0.4 is 5.32 Å². The molecule has 6 heteroatoms. The normalized spacial score (nSPS) is 10.5. The molecule has 1 amide bonds. The first kappa shape index (κ1) is 14.2. The number of rotatable bonds is 6. The lowest BCUT2D eigenvalue weighted by Crippen LogP contribution is -2.23. The third-order valence-corrected chi connectivity index (χ3v) is 2.83. The fourth-order valence-electron chi connectivity index (χ4n) is 1.71. The van der Waals surface area contributed by atoms with Crippen LogP contribution in [0, 0.1) is 6.92 Å². The number of nitrogens with zero attached hydrogens (tertiary/aromatic N) is 2. The van der Waals surface area contributed by atoms with Crippen LogP contribution in [0.4, 0.5) is 0 Å². The van der Waals surface area contributed by atoms with Crippen molar-refractivity contribution >= 4 is 5.91 Å². The number of carbonyl (C=O) groups excluding carboxylic acids is 1. The second-order valence-corrected chi connectivity index (χ2v) is 4.49. The number of hydrogen-bond donors (Lipinski definition) is 2. The highest BCUT2D eigenvalue weighted by atomic mass is 16.5. The van der Waals surface area contributed by atoms with Gasteiger partial charge in [0.1, 0.15) is 0 Å². The van der Waals surface area contributed by atoms with E-state index in [9.17, 15) is 4.79 Å². The minimum atomic E-state index is -0.0629. The summed E-state index contributed by atoms with van der Waals surface area (Å²) in [7, 11) is 0. The zero-order valence-corrected chi connectivity index (χ0v) is 11.3. The molecule has 0 fully saturated rings. The number of benzene rings is 1. The second-order valence-electron chi connectivity index (χ2n) is 4.49. The number of hydrogen-bond acceptors (Lipinski definition) is 5. The fraction of sp³-hybridized carbons (Fsp3) is 0.357. The van der Waals surface area contributed by atoms with Crippen molar-refractivity contribution in [3.8, 4) is 0 Å². The molecule has 6 nitrogen and oxygen atoms in total. The smallest absolute Gasteiger partial charge is 0.227 e. The van der Waals surface area contributed by atoms with Crippen LogP contribution in [0.15, 0.2) is 28.8 Å². The van der Waals surface area contributed by atoms with Gasteiger partial charge >= 0.3 is 0 Å². The number of nitrogens with one attached hydrogen (secondary N) is 1. The summed E-state index contributed by atoms with van der Waals surface area (Å²) in [4.78, 5) is 15.7. The van der Waals surface area contributed by atoms with Crippen molar-refractivity contribution < 1.29 is 14.4 Å². The predicted molar refractivity (Wildman–Crippen MR) is 71.6 cm³/mol. The highest BCUT2D eigenvalue weighted by molar-refractivity contribution is 5.76.